The second kappa shape index (κ2) is 3.27. The fraction of sp³-hybridized carbons (Fsp3) is 1.00. The molecule has 0 aromatic rings. The van der Waals surface area contributed by atoms with Crippen molar-refractivity contribution in [2.24, 2.45) is 10.8 Å². The summed E-state index contributed by atoms with van der Waals surface area (Å²) in [7, 11) is 0. The van der Waals surface area contributed by atoms with Crippen LogP contribution in [0.3, 0.4) is 0 Å². The first-order chi connectivity index (χ1) is 7.80. The van der Waals surface area contributed by atoms with Crippen molar-refractivity contribution in [3.05, 3.63) is 0 Å². The summed E-state index contributed by atoms with van der Waals surface area (Å²) in [5.41, 5.74) is 0.174. The molecule has 4 bridgehead atoms. The van der Waals surface area contributed by atoms with Crippen LogP contribution >= 0.6 is 0 Å². The number of aliphatic hydroxyl groups is 1. The van der Waals surface area contributed by atoms with Gasteiger partial charge in [0.1, 0.15) is 0 Å². The number of hydrogen-bond acceptors (Lipinski definition) is 2. The summed E-state index contributed by atoms with van der Waals surface area (Å²) in [4.78, 5) is 0. The average Bonchev–Trinajstić information content (AvgIpc) is 2.06. The predicted octanol–water partition coefficient (Wildman–Crippen LogP) is 3.28. The van der Waals surface area contributed by atoms with Gasteiger partial charge in [-0.2, -0.15) is 0 Å². The lowest BCUT2D eigenvalue weighted by molar-refractivity contribution is -0.266. The van der Waals surface area contributed by atoms with Crippen molar-refractivity contribution in [2.45, 2.75) is 76.9 Å². The molecule has 2 nitrogen and oxygen atoms in total. The third kappa shape index (κ3) is 1.84. The molecule has 17 heavy (non-hydrogen) atoms. The third-order valence-corrected chi connectivity index (χ3v) is 5.13. The quantitative estimate of drug-likeness (QED) is 0.817. The van der Waals surface area contributed by atoms with E-state index in [2.05, 4.69) is 20.8 Å². The molecule has 4 rings (SSSR count). The van der Waals surface area contributed by atoms with Crippen LogP contribution in [0.4, 0.5) is 0 Å². The van der Waals surface area contributed by atoms with Crippen molar-refractivity contribution in [2.75, 3.05) is 6.61 Å². The van der Waals surface area contributed by atoms with Gasteiger partial charge >= 0.3 is 0 Å². The highest BCUT2D eigenvalue weighted by Gasteiger charge is 2.65. The third-order valence-electron chi connectivity index (χ3n) is 5.13. The second-order valence-corrected chi connectivity index (χ2v) is 7.94. The van der Waals surface area contributed by atoms with Gasteiger partial charge < -0.3 is 9.84 Å². The normalized spacial score (nSPS) is 56.5. The lowest BCUT2D eigenvalue weighted by Crippen LogP contribution is -2.66. The number of rotatable bonds is 3. The van der Waals surface area contributed by atoms with E-state index in [4.69, 9.17) is 4.74 Å². The van der Waals surface area contributed by atoms with E-state index < -0.39 is 5.60 Å². The Bertz CT molecular complexity index is 282. The first-order valence-electron chi connectivity index (χ1n) is 7.17. The molecule has 0 aliphatic heterocycles. The largest absolute Gasteiger partial charge is 0.390 e. The van der Waals surface area contributed by atoms with E-state index in [1.54, 1.807) is 0 Å². The lowest BCUT2D eigenvalue weighted by Gasteiger charge is -2.67. The minimum atomic E-state index is -0.439. The van der Waals surface area contributed by atoms with Crippen LogP contribution in [-0.4, -0.2) is 22.9 Å². The number of ether oxygens (including phenoxy) is 1. The van der Waals surface area contributed by atoms with E-state index in [9.17, 15) is 5.11 Å². The average molecular weight is 238 g/mol. The second-order valence-electron chi connectivity index (χ2n) is 7.94. The number of hydrogen-bond donors (Lipinski definition) is 1. The Balaban J connectivity index is 1.93. The highest BCUT2D eigenvalue weighted by Crippen LogP contribution is 2.68. The van der Waals surface area contributed by atoms with Gasteiger partial charge in [-0.05, 0) is 49.4 Å². The molecule has 0 aromatic heterocycles. The molecule has 2 unspecified atom stereocenters. The smallest absolute Gasteiger partial charge is 0.0720 e. The molecule has 1 N–H and O–H groups in total. The zero-order valence-electron chi connectivity index (χ0n) is 11.5. The first kappa shape index (κ1) is 12.0. The Labute approximate surface area is 105 Å². The van der Waals surface area contributed by atoms with Gasteiger partial charge in [0.25, 0.3) is 0 Å². The van der Waals surface area contributed by atoms with Gasteiger partial charge in [-0.1, -0.05) is 20.8 Å². The molecule has 0 amide bonds. The zero-order valence-corrected chi connectivity index (χ0v) is 11.5. The molecular formula is C15H26O2. The highest BCUT2D eigenvalue weighted by atomic mass is 16.5. The molecule has 0 spiro atoms. The van der Waals surface area contributed by atoms with Gasteiger partial charge in [0, 0.05) is 13.0 Å². The van der Waals surface area contributed by atoms with E-state index >= 15 is 0 Å². The summed E-state index contributed by atoms with van der Waals surface area (Å²) in [6, 6.07) is 0. The molecule has 4 aliphatic carbocycles. The van der Waals surface area contributed by atoms with Gasteiger partial charge in [0.2, 0.25) is 0 Å². The zero-order chi connectivity index (χ0) is 12.4. The summed E-state index contributed by atoms with van der Waals surface area (Å²) >= 11 is 0. The molecule has 0 saturated heterocycles. The van der Waals surface area contributed by atoms with E-state index in [0.717, 1.165) is 45.1 Å². The van der Waals surface area contributed by atoms with Gasteiger partial charge in [-0.3, -0.25) is 0 Å². The summed E-state index contributed by atoms with van der Waals surface area (Å²) in [5.74, 6) is 0. The minimum Gasteiger partial charge on any atom is -0.390 e. The topological polar surface area (TPSA) is 29.5 Å². The van der Waals surface area contributed by atoms with Crippen LogP contribution in [0.15, 0.2) is 0 Å². The lowest BCUT2D eigenvalue weighted by atomic mass is 9.42. The fourth-order valence-corrected chi connectivity index (χ4v) is 6.00. The SMILES string of the molecule is CCCOC12CC3(C)CC(C)(CC(O)(C3)C1)C2. The van der Waals surface area contributed by atoms with Crippen LogP contribution in [0, 0.1) is 10.8 Å². The van der Waals surface area contributed by atoms with E-state index in [1.165, 1.54) is 6.42 Å². The molecule has 4 aliphatic rings. The van der Waals surface area contributed by atoms with E-state index in [1.807, 2.05) is 0 Å². The Kier molecular flexibility index (Phi) is 2.30. The fourth-order valence-electron chi connectivity index (χ4n) is 6.00. The molecule has 4 saturated carbocycles. The van der Waals surface area contributed by atoms with E-state index in [-0.39, 0.29) is 5.60 Å². The van der Waals surface area contributed by atoms with Crippen molar-refractivity contribution >= 4 is 0 Å². The summed E-state index contributed by atoms with van der Waals surface area (Å²) in [6.07, 6.45) is 7.55. The van der Waals surface area contributed by atoms with Crippen LogP contribution in [0.5, 0.6) is 0 Å². The van der Waals surface area contributed by atoms with Gasteiger partial charge in [-0.25, -0.2) is 0 Å². The van der Waals surface area contributed by atoms with Gasteiger partial charge in [-0.15, -0.1) is 0 Å². The maximum Gasteiger partial charge on any atom is 0.0720 e. The van der Waals surface area contributed by atoms with Crippen molar-refractivity contribution in [1.29, 1.82) is 0 Å². The van der Waals surface area contributed by atoms with E-state index in [0.29, 0.717) is 10.8 Å². The molecule has 4 fully saturated rings. The van der Waals surface area contributed by atoms with Crippen LogP contribution in [-0.2, 0) is 4.74 Å². The molecule has 98 valence electrons. The van der Waals surface area contributed by atoms with Crippen LogP contribution in [0.2, 0.25) is 0 Å². The summed E-state index contributed by atoms with van der Waals surface area (Å²) in [6.45, 7) is 7.73. The maximum atomic E-state index is 10.8. The predicted molar refractivity (Wildman–Crippen MR) is 67.8 cm³/mol. The van der Waals surface area contributed by atoms with Crippen molar-refractivity contribution in [3.8, 4) is 0 Å². The molecule has 0 heterocycles. The Morgan fingerprint density at radius 1 is 0.941 bits per heavy atom. The Morgan fingerprint density at radius 2 is 1.53 bits per heavy atom. The molecule has 2 heteroatoms. The van der Waals surface area contributed by atoms with Crippen molar-refractivity contribution in [1.82, 2.24) is 0 Å². The Hall–Kier alpha value is -0.0800. The van der Waals surface area contributed by atoms with Gasteiger partial charge in [0.15, 0.2) is 0 Å². The Morgan fingerprint density at radius 3 is 2.00 bits per heavy atom. The highest BCUT2D eigenvalue weighted by molar-refractivity contribution is 5.17. The summed E-state index contributed by atoms with van der Waals surface area (Å²) < 4.78 is 6.23. The van der Waals surface area contributed by atoms with Crippen LogP contribution < -0.4 is 0 Å². The monoisotopic (exact) mass is 238 g/mol. The van der Waals surface area contributed by atoms with Crippen LogP contribution in [0.25, 0.3) is 0 Å². The summed E-state index contributed by atoms with van der Waals surface area (Å²) in [5, 5.41) is 10.8. The van der Waals surface area contributed by atoms with Crippen molar-refractivity contribution < 1.29 is 9.84 Å². The first-order valence-corrected chi connectivity index (χ1v) is 7.17. The van der Waals surface area contributed by atoms with Gasteiger partial charge in [0.05, 0.1) is 11.2 Å². The standard InChI is InChI=1S/C15H26O2/c1-4-5-17-15-9-12(2)6-13(3,10-15)8-14(16,7-12)11-15/h16H,4-11H2,1-3H3. The molecule has 0 aromatic carbocycles. The molecule has 2 atom stereocenters. The van der Waals surface area contributed by atoms with Crippen molar-refractivity contribution in [3.63, 3.8) is 0 Å². The minimum absolute atomic E-state index is 0.0109. The maximum absolute atomic E-state index is 10.8. The molecular weight excluding hydrogens is 212 g/mol. The van der Waals surface area contributed by atoms with Crippen LogP contribution in [0.1, 0.15) is 65.7 Å². The molecule has 0 radical (unpaired) electrons.